The van der Waals surface area contributed by atoms with E-state index in [4.69, 9.17) is 10.5 Å². The van der Waals surface area contributed by atoms with Crippen molar-refractivity contribution in [2.45, 2.75) is 0 Å². The lowest BCUT2D eigenvalue weighted by molar-refractivity contribution is -0.385. The highest BCUT2D eigenvalue weighted by molar-refractivity contribution is 6.13. The summed E-state index contributed by atoms with van der Waals surface area (Å²) in [5.74, 6) is 0. The van der Waals surface area contributed by atoms with Crippen LogP contribution in [-0.2, 0) is 0 Å². The lowest BCUT2D eigenvalue weighted by atomic mass is 10.1. The van der Waals surface area contributed by atoms with Gasteiger partial charge in [0.15, 0.2) is 5.71 Å². The predicted molar refractivity (Wildman–Crippen MR) is 47.0 cm³/mol. The Balaban J connectivity index is 3.35. The van der Waals surface area contributed by atoms with Gasteiger partial charge in [-0.2, -0.15) is 5.26 Å². The van der Waals surface area contributed by atoms with Gasteiger partial charge in [-0.15, -0.1) is 0 Å². The standard InChI is InChI=1S/C8H5N3O3/c9-5-7(10-12)6-3-1-2-4-8(6)11(13)14/h1-4,12H/b10-7-. The molecule has 0 amide bonds. The fourth-order valence-electron chi connectivity index (χ4n) is 0.970. The molecule has 0 aliphatic carbocycles. The monoisotopic (exact) mass is 191 g/mol. The molecule has 0 aliphatic heterocycles. The van der Waals surface area contributed by atoms with Crippen LogP contribution < -0.4 is 0 Å². The second kappa shape index (κ2) is 4.00. The molecule has 1 rings (SSSR count). The van der Waals surface area contributed by atoms with E-state index in [1.54, 1.807) is 6.07 Å². The Morgan fingerprint density at radius 1 is 1.57 bits per heavy atom. The highest BCUT2D eigenvalue weighted by Crippen LogP contribution is 2.18. The molecular formula is C8H5N3O3. The summed E-state index contributed by atoms with van der Waals surface area (Å²) < 4.78 is 0. The zero-order valence-corrected chi connectivity index (χ0v) is 6.91. The van der Waals surface area contributed by atoms with E-state index in [0.717, 1.165) is 0 Å². The summed E-state index contributed by atoms with van der Waals surface area (Å²) in [5, 5.41) is 30.1. The zero-order chi connectivity index (χ0) is 10.6. The number of rotatable bonds is 2. The van der Waals surface area contributed by atoms with Gasteiger partial charge in [-0.25, -0.2) is 0 Å². The first kappa shape index (κ1) is 9.67. The van der Waals surface area contributed by atoms with Crippen molar-refractivity contribution in [1.29, 1.82) is 5.26 Å². The number of hydrogen-bond acceptors (Lipinski definition) is 5. The molecule has 0 atom stereocenters. The predicted octanol–water partition coefficient (Wildman–Crippen LogP) is 1.30. The second-order valence-corrected chi connectivity index (χ2v) is 2.33. The quantitative estimate of drug-likeness (QED) is 0.329. The lowest BCUT2D eigenvalue weighted by Gasteiger charge is -1.97. The normalized spacial score (nSPS) is 10.6. The maximum atomic E-state index is 10.5. The third-order valence-corrected chi connectivity index (χ3v) is 1.56. The van der Waals surface area contributed by atoms with Crippen molar-refractivity contribution in [2.24, 2.45) is 5.16 Å². The van der Waals surface area contributed by atoms with E-state index in [-0.39, 0.29) is 17.0 Å². The van der Waals surface area contributed by atoms with E-state index in [0.29, 0.717) is 0 Å². The van der Waals surface area contributed by atoms with Crippen molar-refractivity contribution in [3.05, 3.63) is 39.9 Å². The number of para-hydroxylation sites is 1. The molecule has 0 spiro atoms. The summed E-state index contributed by atoms with van der Waals surface area (Å²) in [6.45, 7) is 0. The number of nitrogens with zero attached hydrogens (tertiary/aromatic N) is 3. The summed E-state index contributed by atoms with van der Waals surface area (Å²) >= 11 is 0. The first-order valence-electron chi connectivity index (χ1n) is 3.56. The molecule has 1 aromatic carbocycles. The molecule has 0 aliphatic rings. The van der Waals surface area contributed by atoms with Crippen LogP contribution in [0.4, 0.5) is 5.69 Å². The van der Waals surface area contributed by atoms with Gasteiger partial charge in [0.1, 0.15) is 6.07 Å². The van der Waals surface area contributed by atoms with Crippen LogP contribution in [0.3, 0.4) is 0 Å². The number of benzene rings is 1. The van der Waals surface area contributed by atoms with Gasteiger partial charge in [0.05, 0.1) is 10.5 Å². The number of nitriles is 1. The molecule has 0 saturated heterocycles. The maximum absolute atomic E-state index is 10.5. The van der Waals surface area contributed by atoms with Gasteiger partial charge in [0.25, 0.3) is 5.69 Å². The van der Waals surface area contributed by atoms with Gasteiger partial charge in [-0.3, -0.25) is 10.1 Å². The summed E-state index contributed by atoms with van der Waals surface area (Å²) in [6.07, 6.45) is 0. The van der Waals surface area contributed by atoms with Crippen molar-refractivity contribution in [3.63, 3.8) is 0 Å². The van der Waals surface area contributed by atoms with E-state index < -0.39 is 4.92 Å². The molecule has 1 aromatic rings. The molecule has 0 aromatic heterocycles. The van der Waals surface area contributed by atoms with Gasteiger partial charge >= 0.3 is 0 Å². The fourth-order valence-corrected chi connectivity index (χ4v) is 0.970. The van der Waals surface area contributed by atoms with Gasteiger partial charge < -0.3 is 5.21 Å². The molecule has 0 saturated carbocycles. The molecule has 70 valence electrons. The Bertz CT molecular complexity index is 434. The highest BCUT2D eigenvalue weighted by atomic mass is 16.6. The van der Waals surface area contributed by atoms with Crippen LogP contribution in [0.1, 0.15) is 5.56 Å². The van der Waals surface area contributed by atoms with Crippen LogP contribution in [0.5, 0.6) is 0 Å². The van der Waals surface area contributed by atoms with Crippen LogP contribution in [0.15, 0.2) is 29.4 Å². The number of hydrogen-bond donors (Lipinski definition) is 1. The molecule has 6 nitrogen and oxygen atoms in total. The molecular weight excluding hydrogens is 186 g/mol. The van der Waals surface area contributed by atoms with Crippen LogP contribution in [0.25, 0.3) is 0 Å². The molecule has 0 fully saturated rings. The van der Waals surface area contributed by atoms with Crippen molar-refractivity contribution in [1.82, 2.24) is 0 Å². The molecule has 6 heteroatoms. The molecule has 0 radical (unpaired) electrons. The summed E-state index contributed by atoms with van der Waals surface area (Å²) in [5.41, 5.74) is -0.637. The van der Waals surface area contributed by atoms with Gasteiger partial charge in [-0.05, 0) is 6.07 Å². The van der Waals surface area contributed by atoms with E-state index in [1.165, 1.54) is 24.3 Å². The number of nitro groups is 1. The molecule has 0 bridgehead atoms. The average molecular weight is 191 g/mol. The minimum Gasteiger partial charge on any atom is -0.410 e. The average Bonchev–Trinajstić information content (AvgIpc) is 2.20. The molecule has 0 unspecified atom stereocenters. The minimum atomic E-state index is -0.641. The molecule has 0 heterocycles. The Morgan fingerprint density at radius 3 is 2.71 bits per heavy atom. The molecule has 1 N–H and O–H groups in total. The smallest absolute Gasteiger partial charge is 0.279 e. The van der Waals surface area contributed by atoms with Gasteiger partial charge in [-0.1, -0.05) is 17.3 Å². The summed E-state index contributed by atoms with van der Waals surface area (Å²) in [4.78, 5) is 9.88. The van der Waals surface area contributed by atoms with Crippen LogP contribution in [0, 0.1) is 21.4 Å². The van der Waals surface area contributed by atoms with Crippen LogP contribution in [-0.4, -0.2) is 15.8 Å². The molecule has 14 heavy (non-hydrogen) atoms. The first-order valence-corrected chi connectivity index (χ1v) is 3.56. The third kappa shape index (κ3) is 1.67. The Kier molecular flexibility index (Phi) is 2.76. The van der Waals surface area contributed by atoms with E-state index in [1.807, 2.05) is 0 Å². The van der Waals surface area contributed by atoms with Gasteiger partial charge in [0, 0.05) is 6.07 Å². The Hall–Kier alpha value is -2.42. The summed E-state index contributed by atoms with van der Waals surface area (Å²) in [6, 6.07) is 7.12. The number of nitro benzene ring substituents is 1. The van der Waals surface area contributed by atoms with Crippen molar-refractivity contribution in [2.75, 3.05) is 0 Å². The topological polar surface area (TPSA) is 99.5 Å². The zero-order valence-electron chi connectivity index (χ0n) is 6.91. The highest BCUT2D eigenvalue weighted by Gasteiger charge is 2.17. The second-order valence-electron chi connectivity index (χ2n) is 2.33. The Morgan fingerprint density at radius 2 is 2.21 bits per heavy atom. The van der Waals surface area contributed by atoms with Crippen LogP contribution >= 0.6 is 0 Å². The lowest BCUT2D eigenvalue weighted by Crippen LogP contribution is -2.02. The number of oxime groups is 1. The SMILES string of the molecule is N#C/C(=N/O)c1ccccc1[N+](=O)[O-]. The minimum absolute atomic E-state index is 0.00231. The van der Waals surface area contributed by atoms with Crippen LogP contribution in [0.2, 0.25) is 0 Å². The van der Waals surface area contributed by atoms with E-state index >= 15 is 0 Å². The van der Waals surface area contributed by atoms with Crippen molar-refractivity contribution in [3.8, 4) is 6.07 Å². The third-order valence-electron chi connectivity index (χ3n) is 1.56. The maximum Gasteiger partial charge on any atom is 0.279 e. The van der Waals surface area contributed by atoms with E-state index in [9.17, 15) is 10.1 Å². The first-order chi connectivity index (χ1) is 6.70. The van der Waals surface area contributed by atoms with E-state index in [2.05, 4.69) is 5.16 Å². The Labute approximate surface area is 78.9 Å². The van der Waals surface area contributed by atoms with Crippen molar-refractivity contribution >= 4 is 11.4 Å². The van der Waals surface area contributed by atoms with Crippen molar-refractivity contribution < 1.29 is 10.1 Å². The largest absolute Gasteiger partial charge is 0.410 e. The van der Waals surface area contributed by atoms with Gasteiger partial charge in [0.2, 0.25) is 0 Å². The summed E-state index contributed by atoms with van der Waals surface area (Å²) in [7, 11) is 0. The fraction of sp³-hybridized carbons (Fsp3) is 0.